The zero-order chi connectivity index (χ0) is 11.2. The topological polar surface area (TPSA) is 51.8 Å². The first-order chi connectivity index (χ1) is 6.94. The molecule has 82 valence electrons. The van der Waals surface area contributed by atoms with Crippen molar-refractivity contribution in [3.8, 4) is 0 Å². The van der Waals surface area contributed by atoms with E-state index in [2.05, 4.69) is 30.7 Å². The van der Waals surface area contributed by atoms with Gasteiger partial charge in [-0.1, -0.05) is 20.8 Å². The van der Waals surface area contributed by atoms with Crippen LogP contribution in [0, 0.1) is 6.92 Å². The zero-order valence-corrected chi connectivity index (χ0v) is 9.96. The molecule has 0 unspecified atom stereocenters. The SMILES string of the molecule is Cc1nc(C2(C)CC2)nc(N)c1C(C)C. The van der Waals surface area contributed by atoms with E-state index in [4.69, 9.17) is 5.73 Å². The van der Waals surface area contributed by atoms with Crippen LogP contribution in [0.25, 0.3) is 0 Å². The van der Waals surface area contributed by atoms with Gasteiger partial charge in [-0.2, -0.15) is 0 Å². The van der Waals surface area contributed by atoms with Gasteiger partial charge < -0.3 is 5.73 Å². The third kappa shape index (κ3) is 1.71. The summed E-state index contributed by atoms with van der Waals surface area (Å²) in [4.78, 5) is 9.05. The van der Waals surface area contributed by atoms with Crippen LogP contribution < -0.4 is 5.73 Å². The molecular weight excluding hydrogens is 186 g/mol. The number of hydrogen-bond donors (Lipinski definition) is 1. The van der Waals surface area contributed by atoms with Gasteiger partial charge >= 0.3 is 0 Å². The largest absolute Gasteiger partial charge is 0.383 e. The summed E-state index contributed by atoms with van der Waals surface area (Å²) in [5, 5.41) is 0. The molecule has 0 saturated heterocycles. The Morgan fingerprint density at radius 1 is 1.27 bits per heavy atom. The van der Waals surface area contributed by atoms with Crippen LogP contribution in [0.1, 0.15) is 56.6 Å². The Balaban J connectivity index is 2.48. The minimum atomic E-state index is 0.203. The molecule has 1 aliphatic carbocycles. The lowest BCUT2D eigenvalue weighted by Gasteiger charge is -2.15. The van der Waals surface area contributed by atoms with Crippen molar-refractivity contribution in [1.29, 1.82) is 0 Å². The van der Waals surface area contributed by atoms with Crippen molar-refractivity contribution < 1.29 is 0 Å². The van der Waals surface area contributed by atoms with Gasteiger partial charge in [-0.15, -0.1) is 0 Å². The van der Waals surface area contributed by atoms with E-state index in [1.54, 1.807) is 0 Å². The van der Waals surface area contributed by atoms with Crippen LogP contribution in [0.3, 0.4) is 0 Å². The van der Waals surface area contributed by atoms with E-state index < -0.39 is 0 Å². The smallest absolute Gasteiger partial charge is 0.136 e. The molecule has 0 aliphatic heterocycles. The average Bonchev–Trinajstić information content (AvgIpc) is 2.82. The van der Waals surface area contributed by atoms with E-state index in [0.29, 0.717) is 11.7 Å². The van der Waals surface area contributed by atoms with Gasteiger partial charge in [0.15, 0.2) is 0 Å². The predicted octanol–water partition coefficient (Wildman–Crippen LogP) is 2.54. The molecule has 0 atom stereocenters. The number of nitrogens with two attached hydrogens (primary N) is 1. The number of aromatic nitrogens is 2. The van der Waals surface area contributed by atoms with E-state index in [-0.39, 0.29) is 5.41 Å². The number of hydrogen-bond acceptors (Lipinski definition) is 3. The van der Waals surface area contributed by atoms with Crippen molar-refractivity contribution in [2.24, 2.45) is 0 Å². The number of aryl methyl sites for hydroxylation is 1. The van der Waals surface area contributed by atoms with Gasteiger partial charge in [0.05, 0.1) is 0 Å². The van der Waals surface area contributed by atoms with E-state index >= 15 is 0 Å². The molecule has 1 aromatic rings. The van der Waals surface area contributed by atoms with Gasteiger partial charge in [0.25, 0.3) is 0 Å². The second kappa shape index (κ2) is 3.19. The third-order valence-corrected chi connectivity index (χ3v) is 3.28. The molecule has 1 aromatic heterocycles. The molecule has 1 aliphatic rings. The molecule has 2 N–H and O–H groups in total. The van der Waals surface area contributed by atoms with Gasteiger partial charge in [-0.25, -0.2) is 9.97 Å². The first kappa shape index (κ1) is 10.4. The molecule has 0 aromatic carbocycles. The minimum Gasteiger partial charge on any atom is -0.383 e. The summed E-state index contributed by atoms with van der Waals surface area (Å²) in [7, 11) is 0. The fraction of sp³-hybridized carbons (Fsp3) is 0.667. The number of rotatable bonds is 2. The molecule has 3 heteroatoms. The van der Waals surface area contributed by atoms with E-state index in [0.717, 1.165) is 17.1 Å². The standard InChI is InChI=1S/C12H19N3/c1-7(2)9-8(3)14-11(15-10(9)13)12(4)5-6-12/h7H,5-6H2,1-4H3,(H2,13,14,15). The number of nitrogens with zero attached hydrogens (tertiary/aromatic N) is 2. The molecule has 1 heterocycles. The lowest BCUT2D eigenvalue weighted by molar-refractivity contribution is 0.694. The predicted molar refractivity (Wildman–Crippen MR) is 61.9 cm³/mol. The summed E-state index contributed by atoms with van der Waals surface area (Å²) in [5.41, 5.74) is 8.34. The van der Waals surface area contributed by atoms with Crippen molar-refractivity contribution in [3.63, 3.8) is 0 Å². The maximum atomic E-state index is 6.00. The fourth-order valence-electron chi connectivity index (χ4n) is 2.00. The maximum Gasteiger partial charge on any atom is 0.136 e. The van der Waals surface area contributed by atoms with Gasteiger partial charge in [-0.3, -0.25) is 0 Å². The van der Waals surface area contributed by atoms with Crippen molar-refractivity contribution in [3.05, 3.63) is 17.1 Å². The Hall–Kier alpha value is -1.12. The Morgan fingerprint density at radius 2 is 1.87 bits per heavy atom. The molecule has 1 fully saturated rings. The monoisotopic (exact) mass is 205 g/mol. The van der Waals surface area contributed by atoms with Gasteiger partial charge in [0.2, 0.25) is 0 Å². The highest BCUT2D eigenvalue weighted by Crippen LogP contribution is 2.46. The molecule has 0 radical (unpaired) electrons. The summed E-state index contributed by atoms with van der Waals surface area (Å²) in [6, 6.07) is 0. The molecule has 0 amide bonds. The fourth-order valence-corrected chi connectivity index (χ4v) is 2.00. The zero-order valence-electron chi connectivity index (χ0n) is 9.96. The van der Waals surface area contributed by atoms with Crippen LogP contribution in [0.5, 0.6) is 0 Å². The van der Waals surface area contributed by atoms with Crippen LogP contribution in [-0.4, -0.2) is 9.97 Å². The highest BCUT2D eigenvalue weighted by atomic mass is 15.0. The van der Waals surface area contributed by atoms with Crippen molar-refractivity contribution >= 4 is 5.82 Å². The second-order valence-corrected chi connectivity index (χ2v) is 5.15. The number of nitrogen functional groups attached to an aromatic ring is 1. The summed E-state index contributed by atoms with van der Waals surface area (Å²) < 4.78 is 0. The van der Waals surface area contributed by atoms with E-state index in [1.165, 1.54) is 12.8 Å². The van der Waals surface area contributed by atoms with Crippen LogP contribution in [0.4, 0.5) is 5.82 Å². The van der Waals surface area contributed by atoms with Crippen molar-refractivity contribution in [1.82, 2.24) is 9.97 Å². The summed E-state index contributed by atoms with van der Waals surface area (Å²) in [6.45, 7) is 8.49. The van der Waals surface area contributed by atoms with Gasteiger partial charge in [-0.05, 0) is 25.7 Å². The van der Waals surface area contributed by atoms with Crippen LogP contribution in [-0.2, 0) is 5.41 Å². The quantitative estimate of drug-likeness (QED) is 0.807. The highest BCUT2D eigenvalue weighted by Gasteiger charge is 2.42. The molecule has 2 rings (SSSR count). The Bertz CT molecular complexity index is 369. The summed E-state index contributed by atoms with van der Waals surface area (Å²) >= 11 is 0. The summed E-state index contributed by atoms with van der Waals surface area (Å²) in [6.07, 6.45) is 2.37. The normalized spacial score (nSPS) is 18.2. The van der Waals surface area contributed by atoms with Crippen molar-refractivity contribution in [2.75, 3.05) is 5.73 Å². The molecule has 0 bridgehead atoms. The first-order valence-corrected chi connectivity index (χ1v) is 5.58. The van der Waals surface area contributed by atoms with E-state index in [9.17, 15) is 0 Å². The minimum absolute atomic E-state index is 0.203. The summed E-state index contributed by atoms with van der Waals surface area (Å²) in [5.74, 6) is 1.99. The van der Waals surface area contributed by atoms with E-state index in [1.807, 2.05) is 6.92 Å². The van der Waals surface area contributed by atoms with Gasteiger partial charge in [0.1, 0.15) is 11.6 Å². The molecule has 3 nitrogen and oxygen atoms in total. The van der Waals surface area contributed by atoms with Crippen LogP contribution in [0.15, 0.2) is 0 Å². The van der Waals surface area contributed by atoms with Crippen LogP contribution >= 0.6 is 0 Å². The van der Waals surface area contributed by atoms with Crippen LogP contribution in [0.2, 0.25) is 0 Å². The number of anilines is 1. The molecular formula is C12H19N3. The Labute approximate surface area is 91.1 Å². The molecule has 1 saturated carbocycles. The highest BCUT2D eigenvalue weighted by molar-refractivity contribution is 5.45. The van der Waals surface area contributed by atoms with Crippen molar-refractivity contribution in [2.45, 2.75) is 51.9 Å². The Morgan fingerprint density at radius 3 is 2.27 bits per heavy atom. The third-order valence-electron chi connectivity index (χ3n) is 3.28. The second-order valence-electron chi connectivity index (χ2n) is 5.15. The lowest BCUT2D eigenvalue weighted by Crippen LogP contribution is -2.13. The first-order valence-electron chi connectivity index (χ1n) is 5.58. The molecule has 0 spiro atoms. The maximum absolute atomic E-state index is 6.00. The Kier molecular flexibility index (Phi) is 2.21. The average molecular weight is 205 g/mol. The van der Waals surface area contributed by atoms with Gasteiger partial charge in [0, 0.05) is 16.7 Å². The lowest BCUT2D eigenvalue weighted by atomic mass is 10.0. The molecule has 15 heavy (non-hydrogen) atoms.